The highest BCUT2D eigenvalue weighted by molar-refractivity contribution is 9.13. The minimum absolute atomic E-state index is 0.167. The molecule has 0 aliphatic heterocycles. The second-order valence-electron chi connectivity index (χ2n) is 4.76. The van der Waals surface area contributed by atoms with Crippen LogP contribution in [-0.2, 0) is 0 Å². The Balaban J connectivity index is 2.81. The SMILES string of the molecule is CCCCN(CCCC)C(CN)c1cc(Br)c(Br)o1. The van der Waals surface area contributed by atoms with Crippen molar-refractivity contribution in [2.45, 2.75) is 45.6 Å². The molecule has 1 aromatic rings. The zero-order valence-electron chi connectivity index (χ0n) is 11.8. The molecule has 0 amide bonds. The van der Waals surface area contributed by atoms with Gasteiger partial charge in [-0.15, -0.1) is 0 Å². The first-order valence-corrected chi connectivity index (χ1v) is 8.61. The molecule has 0 saturated heterocycles. The van der Waals surface area contributed by atoms with E-state index in [0.717, 1.165) is 28.0 Å². The molecule has 5 heteroatoms. The largest absolute Gasteiger partial charge is 0.451 e. The van der Waals surface area contributed by atoms with E-state index >= 15 is 0 Å². The van der Waals surface area contributed by atoms with Gasteiger partial charge >= 0.3 is 0 Å². The summed E-state index contributed by atoms with van der Waals surface area (Å²) in [6.45, 7) is 7.17. The van der Waals surface area contributed by atoms with Gasteiger partial charge in [-0.2, -0.15) is 0 Å². The Bertz CT molecular complexity index is 341. The summed E-state index contributed by atoms with van der Waals surface area (Å²) in [5.74, 6) is 0.938. The number of rotatable bonds is 9. The number of furan rings is 1. The minimum Gasteiger partial charge on any atom is -0.451 e. The summed E-state index contributed by atoms with van der Waals surface area (Å²) in [6, 6.07) is 2.19. The van der Waals surface area contributed by atoms with Crippen LogP contribution in [0, 0.1) is 0 Å². The van der Waals surface area contributed by atoms with Crippen molar-refractivity contribution < 1.29 is 4.42 Å². The normalized spacial score (nSPS) is 13.2. The first-order chi connectivity index (χ1) is 9.13. The van der Waals surface area contributed by atoms with Crippen LogP contribution in [0.1, 0.15) is 51.3 Å². The fourth-order valence-corrected chi connectivity index (χ4v) is 2.73. The van der Waals surface area contributed by atoms with Crippen molar-refractivity contribution >= 4 is 31.9 Å². The second-order valence-corrected chi connectivity index (χ2v) is 6.34. The maximum absolute atomic E-state index is 5.98. The molecule has 1 aromatic heterocycles. The van der Waals surface area contributed by atoms with Gasteiger partial charge in [0.15, 0.2) is 4.67 Å². The fraction of sp³-hybridized carbons (Fsp3) is 0.714. The highest BCUT2D eigenvalue weighted by atomic mass is 79.9. The summed E-state index contributed by atoms with van der Waals surface area (Å²) < 4.78 is 7.45. The third-order valence-electron chi connectivity index (χ3n) is 3.25. The summed E-state index contributed by atoms with van der Waals surface area (Å²) in [4.78, 5) is 2.45. The van der Waals surface area contributed by atoms with Gasteiger partial charge in [0, 0.05) is 6.54 Å². The van der Waals surface area contributed by atoms with E-state index in [-0.39, 0.29) is 6.04 Å². The Labute approximate surface area is 133 Å². The zero-order valence-corrected chi connectivity index (χ0v) is 15.0. The van der Waals surface area contributed by atoms with Crippen LogP contribution >= 0.6 is 31.9 Å². The average Bonchev–Trinajstić information content (AvgIpc) is 2.72. The Morgan fingerprint density at radius 3 is 2.16 bits per heavy atom. The standard InChI is InChI=1S/C14H24Br2N2O/c1-3-5-7-18(8-6-4-2)12(10-17)13-9-11(15)14(16)19-13/h9,12H,3-8,10,17H2,1-2H3. The van der Waals surface area contributed by atoms with E-state index in [4.69, 9.17) is 10.2 Å². The lowest BCUT2D eigenvalue weighted by molar-refractivity contribution is 0.173. The Morgan fingerprint density at radius 2 is 1.79 bits per heavy atom. The van der Waals surface area contributed by atoms with E-state index in [0.29, 0.717) is 6.54 Å². The molecule has 1 rings (SSSR count). The van der Waals surface area contributed by atoms with Crippen molar-refractivity contribution in [1.29, 1.82) is 0 Å². The number of halogens is 2. The number of nitrogens with zero attached hydrogens (tertiary/aromatic N) is 1. The van der Waals surface area contributed by atoms with Crippen LogP contribution in [0.2, 0.25) is 0 Å². The molecular formula is C14H24Br2N2O. The van der Waals surface area contributed by atoms with Crippen molar-refractivity contribution in [3.63, 3.8) is 0 Å². The predicted molar refractivity (Wildman–Crippen MR) is 87.3 cm³/mol. The molecule has 0 spiro atoms. The molecule has 0 aliphatic carbocycles. The van der Waals surface area contributed by atoms with Gasteiger partial charge in [-0.05, 0) is 63.9 Å². The van der Waals surface area contributed by atoms with Gasteiger partial charge in [0.25, 0.3) is 0 Å². The topological polar surface area (TPSA) is 42.4 Å². The van der Waals surface area contributed by atoms with Crippen LogP contribution in [0.15, 0.2) is 19.6 Å². The van der Waals surface area contributed by atoms with Crippen LogP contribution in [0.4, 0.5) is 0 Å². The van der Waals surface area contributed by atoms with Crippen LogP contribution in [0.3, 0.4) is 0 Å². The van der Waals surface area contributed by atoms with Crippen molar-refractivity contribution in [2.24, 2.45) is 5.73 Å². The van der Waals surface area contributed by atoms with Crippen molar-refractivity contribution in [3.8, 4) is 0 Å². The molecule has 0 radical (unpaired) electrons. The van der Waals surface area contributed by atoms with E-state index in [1.807, 2.05) is 6.07 Å². The number of hydrogen-bond donors (Lipinski definition) is 1. The lowest BCUT2D eigenvalue weighted by Gasteiger charge is -2.29. The van der Waals surface area contributed by atoms with Gasteiger partial charge in [-0.25, -0.2) is 0 Å². The number of hydrogen-bond acceptors (Lipinski definition) is 3. The Morgan fingerprint density at radius 1 is 1.21 bits per heavy atom. The van der Waals surface area contributed by atoms with Gasteiger partial charge in [-0.1, -0.05) is 26.7 Å². The summed E-state index contributed by atoms with van der Waals surface area (Å²) >= 11 is 6.86. The smallest absolute Gasteiger partial charge is 0.183 e. The number of nitrogens with two attached hydrogens (primary N) is 1. The molecule has 3 nitrogen and oxygen atoms in total. The predicted octanol–water partition coefficient (Wildman–Crippen LogP) is 4.71. The minimum atomic E-state index is 0.167. The molecule has 0 aromatic carbocycles. The quantitative estimate of drug-likeness (QED) is 0.658. The van der Waals surface area contributed by atoms with E-state index in [1.165, 1.54) is 25.7 Å². The van der Waals surface area contributed by atoms with Gasteiger partial charge in [0.2, 0.25) is 0 Å². The number of unbranched alkanes of at least 4 members (excludes halogenated alkanes) is 2. The van der Waals surface area contributed by atoms with Gasteiger partial charge < -0.3 is 10.2 Å². The third-order valence-corrected chi connectivity index (χ3v) is 4.96. The summed E-state index contributed by atoms with van der Waals surface area (Å²) in [5.41, 5.74) is 5.98. The maximum Gasteiger partial charge on any atom is 0.183 e. The molecule has 0 bridgehead atoms. The van der Waals surface area contributed by atoms with Gasteiger partial charge in [0.1, 0.15) is 5.76 Å². The summed E-state index contributed by atoms with van der Waals surface area (Å²) in [7, 11) is 0. The average molecular weight is 396 g/mol. The highest BCUT2D eigenvalue weighted by Gasteiger charge is 2.22. The molecule has 1 atom stereocenters. The lowest BCUT2D eigenvalue weighted by atomic mass is 10.1. The molecule has 1 heterocycles. The fourth-order valence-electron chi connectivity index (χ4n) is 2.12. The first-order valence-electron chi connectivity index (χ1n) is 7.02. The van der Waals surface area contributed by atoms with Crippen molar-refractivity contribution in [3.05, 3.63) is 21.0 Å². The van der Waals surface area contributed by atoms with E-state index in [1.54, 1.807) is 0 Å². The zero-order chi connectivity index (χ0) is 14.3. The lowest BCUT2D eigenvalue weighted by Crippen LogP contribution is -2.35. The molecule has 19 heavy (non-hydrogen) atoms. The summed E-state index contributed by atoms with van der Waals surface area (Å²) in [5, 5.41) is 0. The van der Waals surface area contributed by atoms with Crippen LogP contribution in [0.5, 0.6) is 0 Å². The van der Waals surface area contributed by atoms with Crippen molar-refractivity contribution in [1.82, 2.24) is 4.90 Å². The highest BCUT2D eigenvalue weighted by Crippen LogP contribution is 2.32. The first kappa shape index (κ1) is 17.2. The third kappa shape index (κ3) is 5.21. The monoisotopic (exact) mass is 394 g/mol. The van der Waals surface area contributed by atoms with Gasteiger partial charge in [0.05, 0.1) is 10.5 Å². The molecule has 2 N–H and O–H groups in total. The molecule has 0 fully saturated rings. The maximum atomic E-state index is 5.98. The molecule has 0 saturated carbocycles. The van der Waals surface area contributed by atoms with Crippen LogP contribution in [-0.4, -0.2) is 24.5 Å². The molecular weight excluding hydrogens is 372 g/mol. The van der Waals surface area contributed by atoms with E-state index in [2.05, 4.69) is 50.6 Å². The van der Waals surface area contributed by atoms with Crippen molar-refractivity contribution in [2.75, 3.05) is 19.6 Å². The molecule has 110 valence electrons. The van der Waals surface area contributed by atoms with E-state index < -0.39 is 0 Å². The Hall–Kier alpha value is 0.160. The molecule has 0 aliphatic rings. The Kier molecular flexibility index (Phi) is 8.30. The second kappa shape index (κ2) is 9.16. The van der Waals surface area contributed by atoms with Gasteiger partial charge in [-0.3, -0.25) is 4.90 Å². The summed E-state index contributed by atoms with van der Waals surface area (Å²) in [6.07, 6.45) is 4.80. The molecule has 1 unspecified atom stereocenters. The van der Waals surface area contributed by atoms with E-state index in [9.17, 15) is 0 Å². The van der Waals surface area contributed by atoms with Crippen LogP contribution < -0.4 is 5.73 Å². The van der Waals surface area contributed by atoms with Crippen LogP contribution in [0.25, 0.3) is 0 Å².